The molecule has 0 aliphatic heterocycles. The predicted molar refractivity (Wildman–Crippen MR) is 91.0 cm³/mol. The highest BCUT2D eigenvalue weighted by Crippen LogP contribution is 2.32. The van der Waals surface area contributed by atoms with E-state index in [1.54, 1.807) is 7.05 Å². The first-order valence-corrected chi connectivity index (χ1v) is 8.79. The van der Waals surface area contributed by atoms with E-state index in [9.17, 15) is 18.0 Å². The van der Waals surface area contributed by atoms with Gasteiger partial charge in [-0.25, -0.2) is 0 Å². The standard InChI is InChI=1S/C19H28F3NO/c1-3-4-5-6-7-8-9-12-15-23(2)18(24)16-13-10-11-14-17(16)19(20,21)22/h10-11,13-14H,3-9,12,15H2,1-2H3. The molecule has 0 atom stereocenters. The summed E-state index contributed by atoms with van der Waals surface area (Å²) in [7, 11) is 1.57. The second-order valence-electron chi connectivity index (χ2n) is 6.24. The maximum atomic E-state index is 13.0. The Balaban J connectivity index is 2.41. The molecule has 1 aromatic carbocycles. The molecular weight excluding hydrogens is 315 g/mol. The van der Waals surface area contributed by atoms with Gasteiger partial charge in [-0.05, 0) is 18.6 Å². The molecule has 0 saturated carbocycles. The Morgan fingerprint density at radius 2 is 1.50 bits per heavy atom. The van der Waals surface area contributed by atoms with Crippen LogP contribution in [0.2, 0.25) is 0 Å². The quantitative estimate of drug-likeness (QED) is 0.483. The summed E-state index contributed by atoms with van der Waals surface area (Å²) in [5.74, 6) is -0.564. The van der Waals surface area contributed by atoms with Gasteiger partial charge in [0.05, 0.1) is 11.1 Å². The van der Waals surface area contributed by atoms with Crippen LogP contribution in [-0.4, -0.2) is 24.4 Å². The van der Waals surface area contributed by atoms with Crippen molar-refractivity contribution in [3.63, 3.8) is 0 Å². The highest BCUT2D eigenvalue weighted by atomic mass is 19.4. The summed E-state index contributed by atoms with van der Waals surface area (Å²) < 4.78 is 38.9. The molecule has 0 heterocycles. The van der Waals surface area contributed by atoms with Crippen molar-refractivity contribution < 1.29 is 18.0 Å². The third-order valence-corrected chi connectivity index (χ3v) is 4.16. The first-order chi connectivity index (χ1) is 11.4. The minimum atomic E-state index is -4.51. The topological polar surface area (TPSA) is 20.3 Å². The van der Waals surface area contributed by atoms with E-state index in [4.69, 9.17) is 0 Å². The van der Waals surface area contributed by atoms with Crippen LogP contribution in [0.1, 0.15) is 74.2 Å². The Morgan fingerprint density at radius 3 is 2.08 bits per heavy atom. The van der Waals surface area contributed by atoms with Gasteiger partial charge in [0.2, 0.25) is 0 Å². The summed E-state index contributed by atoms with van der Waals surface area (Å²) in [6.07, 6.45) is 4.63. The number of unbranched alkanes of at least 4 members (excludes halogenated alkanes) is 7. The number of rotatable bonds is 10. The van der Waals surface area contributed by atoms with Gasteiger partial charge in [-0.3, -0.25) is 4.79 Å². The van der Waals surface area contributed by atoms with Gasteiger partial charge < -0.3 is 4.90 Å². The Kier molecular flexibility index (Phi) is 8.87. The van der Waals surface area contributed by atoms with E-state index in [2.05, 4.69) is 6.92 Å². The van der Waals surface area contributed by atoms with Crippen molar-refractivity contribution in [1.82, 2.24) is 4.90 Å². The van der Waals surface area contributed by atoms with E-state index in [0.29, 0.717) is 6.54 Å². The summed E-state index contributed by atoms with van der Waals surface area (Å²) in [5, 5.41) is 0. The van der Waals surface area contributed by atoms with Crippen LogP contribution < -0.4 is 0 Å². The van der Waals surface area contributed by atoms with Crippen molar-refractivity contribution >= 4 is 5.91 Å². The fourth-order valence-electron chi connectivity index (χ4n) is 2.71. The zero-order valence-corrected chi connectivity index (χ0v) is 14.7. The lowest BCUT2D eigenvalue weighted by molar-refractivity contribution is -0.138. The number of benzene rings is 1. The highest BCUT2D eigenvalue weighted by molar-refractivity contribution is 5.95. The lowest BCUT2D eigenvalue weighted by Gasteiger charge is -2.20. The molecule has 0 aromatic heterocycles. The van der Waals surface area contributed by atoms with Crippen LogP contribution in [0.5, 0.6) is 0 Å². The normalized spacial score (nSPS) is 11.5. The summed E-state index contributed by atoms with van der Waals surface area (Å²) in [5.41, 5.74) is -1.13. The minimum Gasteiger partial charge on any atom is -0.342 e. The molecule has 1 rings (SSSR count). The number of hydrogen-bond acceptors (Lipinski definition) is 1. The average Bonchev–Trinajstić information content (AvgIpc) is 2.55. The van der Waals surface area contributed by atoms with Crippen LogP contribution in [0.25, 0.3) is 0 Å². The van der Waals surface area contributed by atoms with Gasteiger partial charge in [0.15, 0.2) is 0 Å². The van der Waals surface area contributed by atoms with E-state index in [1.165, 1.54) is 55.2 Å². The van der Waals surface area contributed by atoms with Gasteiger partial charge in [-0.1, -0.05) is 64.0 Å². The molecule has 0 saturated heterocycles. The fourth-order valence-corrected chi connectivity index (χ4v) is 2.71. The van der Waals surface area contributed by atoms with Crippen LogP contribution >= 0.6 is 0 Å². The predicted octanol–water partition coefficient (Wildman–Crippen LogP) is 5.92. The van der Waals surface area contributed by atoms with Crippen molar-refractivity contribution in [3.8, 4) is 0 Å². The first-order valence-electron chi connectivity index (χ1n) is 8.79. The zero-order chi connectivity index (χ0) is 18.0. The zero-order valence-electron chi connectivity index (χ0n) is 14.7. The molecular formula is C19H28F3NO. The summed E-state index contributed by atoms with van der Waals surface area (Å²) in [6, 6.07) is 4.97. The number of halogens is 3. The Morgan fingerprint density at radius 1 is 0.958 bits per heavy atom. The van der Waals surface area contributed by atoms with Gasteiger partial charge in [0, 0.05) is 13.6 Å². The number of alkyl halides is 3. The molecule has 2 nitrogen and oxygen atoms in total. The summed E-state index contributed by atoms with van der Waals surface area (Å²) in [4.78, 5) is 13.7. The van der Waals surface area contributed by atoms with Crippen molar-refractivity contribution in [1.29, 1.82) is 0 Å². The van der Waals surface area contributed by atoms with Gasteiger partial charge in [-0.2, -0.15) is 13.2 Å². The van der Waals surface area contributed by atoms with Crippen LogP contribution in [0, 0.1) is 0 Å². The SMILES string of the molecule is CCCCCCCCCCN(C)C(=O)c1ccccc1C(F)(F)F. The Labute approximate surface area is 143 Å². The molecule has 136 valence electrons. The van der Waals surface area contributed by atoms with E-state index >= 15 is 0 Å². The maximum absolute atomic E-state index is 13.0. The fraction of sp³-hybridized carbons (Fsp3) is 0.632. The average molecular weight is 343 g/mol. The molecule has 0 bridgehead atoms. The number of carbonyl (C=O) groups is 1. The smallest absolute Gasteiger partial charge is 0.342 e. The largest absolute Gasteiger partial charge is 0.417 e. The number of carbonyl (C=O) groups excluding carboxylic acids is 1. The molecule has 24 heavy (non-hydrogen) atoms. The van der Waals surface area contributed by atoms with Crippen LogP contribution in [0.15, 0.2) is 24.3 Å². The summed E-state index contributed by atoms with van der Waals surface area (Å²) >= 11 is 0. The molecule has 5 heteroatoms. The first kappa shape index (κ1) is 20.5. The molecule has 0 aliphatic carbocycles. The lowest BCUT2D eigenvalue weighted by atomic mass is 10.1. The number of nitrogens with zero attached hydrogens (tertiary/aromatic N) is 1. The van der Waals surface area contributed by atoms with E-state index < -0.39 is 17.6 Å². The highest BCUT2D eigenvalue weighted by Gasteiger charge is 2.35. The minimum absolute atomic E-state index is 0.271. The molecule has 0 spiro atoms. The lowest BCUT2D eigenvalue weighted by Crippen LogP contribution is -2.29. The van der Waals surface area contributed by atoms with Gasteiger partial charge in [-0.15, -0.1) is 0 Å². The third kappa shape index (κ3) is 6.93. The van der Waals surface area contributed by atoms with Crippen molar-refractivity contribution in [2.75, 3.05) is 13.6 Å². The third-order valence-electron chi connectivity index (χ3n) is 4.16. The van der Waals surface area contributed by atoms with E-state index in [1.807, 2.05) is 0 Å². The monoisotopic (exact) mass is 343 g/mol. The Bertz CT molecular complexity index is 500. The van der Waals surface area contributed by atoms with Crippen LogP contribution in [0.4, 0.5) is 13.2 Å². The van der Waals surface area contributed by atoms with Gasteiger partial charge in [0.25, 0.3) is 5.91 Å². The van der Waals surface area contributed by atoms with Crippen LogP contribution in [0.3, 0.4) is 0 Å². The second-order valence-corrected chi connectivity index (χ2v) is 6.24. The molecule has 1 aromatic rings. The molecule has 0 radical (unpaired) electrons. The van der Waals surface area contributed by atoms with Crippen LogP contribution in [-0.2, 0) is 6.18 Å². The van der Waals surface area contributed by atoms with Gasteiger partial charge >= 0.3 is 6.18 Å². The second kappa shape index (κ2) is 10.4. The van der Waals surface area contributed by atoms with E-state index in [0.717, 1.165) is 25.3 Å². The molecule has 0 N–H and O–H groups in total. The van der Waals surface area contributed by atoms with Crippen molar-refractivity contribution in [2.45, 2.75) is 64.5 Å². The number of amides is 1. The molecule has 0 fully saturated rings. The molecule has 0 unspecified atom stereocenters. The molecule has 0 aliphatic rings. The van der Waals surface area contributed by atoms with Crippen molar-refractivity contribution in [2.24, 2.45) is 0 Å². The van der Waals surface area contributed by atoms with Crippen molar-refractivity contribution in [3.05, 3.63) is 35.4 Å². The van der Waals surface area contributed by atoms with Gasteiger partial charge in [0.1, 0.15) is 0 Å². The maximum Gasteiger partial charge on any atom is 0.417 e. The molecule has 1 amide bonds. The number of hydrogen-bond donors (Lipinski definition) is 0. The summed E-state index contributed by atoms with van der Waals surface area (Å²) in [6.45, 7) is 2.67. The van der Waals surface area contributed by atoms with E-state index in [-0.39, 0.29) is 5.56 Å². The Hall–Kier alpha value is -1.52.